The molecule has 3 heterocycles. The molecule has 0 unspecified atom stereocenters. The molecule has 3 aromatic heterocycles. The second kappa shape index (κ2) is 10.6. The van der Waals surface area contributed by atoms with Crippen LogP contribution in [0.4, 0.5) is 0 Å². The Morgan fingerprint density at radius 1 is 0.521 bits per heavy atom. The lowest BCUT2D eigenvalue weighted by atomic mass is 9.93. The maximum atomic E-state index is 6.62. The van der Waals surface area contributed by atoms with Crippen LogP contribution in [-0.2, 0) is 0 Å². The molecule has 0 N–H and O–H groups in total. The van der Waals surface area contributed by atoms with Gasteiger partial charge in [-0.25, -0.2) is 15.0 Å². The van der Waals surface area contributed by atoms with Gasteiger partial charge in [-0.05, 0) is 71.3 Å². The second-order valence-electron chi connectivity index (χ2n) is 12.3. The third-order valence-corrected chi connectivity index (χ3v) is 9.41. The Labute approximate surface area is 275 Å². The van der Waals surface area contributed by atoms with Crippen LogP contribution in [-0.4, -0.2) is 15.0 Å². The predicted octanol–water partition coefficient (Wildman–Crippen LogP) is 11.6. The topological polar surface area (TPSA) is 65.0 Å². The zero-order valence-corrected chi connectivity index (χ0v) is 25.9. The monoisotopic (exact) mass is 617 g/mol. The van der Waals surface area contributed by atoms with Crippen LogP contribution in [0.1, 0.15) is 18.7 Å². The summed E-state index contributed by atoms with van der Waals surface area (Å²) in [5.41, 5.74) is 8.30. The van der Waals surface area contributed by atoms with E-state index in [9.17, 15) is 0 Å². The van der Waals surface area contributed by atoms with Crippen molar-refractivity contribution in [3.05, 3.63) is 145 Å². The Bertz CT molecular complexity index is 2790. The van der Waals surface area contributed by atoms with E-state index >= 15 is 0 Å². The molecule has 48 heavy (non-hydrogen) atoms. The molecule has 1 aliphatic carbocycles. The first-order valence-corrected chi connectivity index (χ1v) is 16.3. The number of fused-ring (bicyclic) bond motifs is 8. The van der Waals surface area contributed by atoms with E-state index in [1.807, 2.05) is 48.5 Å². The zero-order valence-electron chi connectivity index (χ0n) is 25.9. The first kappa shape index (κ1) is 26.8. The molecule has 226 valence electrons. The highest BCUT2D eigenvalue weighted by molar-refractivity contribution is 6.17. The van der Waals surface area contributed by atoms with Crippen molar-refractivity contribution in [2.24, 2.45) is 0 Å². The fourth-order valence-electron chi connectivity index (χ4n) is 7.10. The normalized spacial score (nSPS) is 13.3. The van der Waals surface area contributed by atoms with Gasteiger partial charge in [0.1, 0.15) is 22.3 Å². The van der Waals surface area contributed by atoms with Gasteiger partial charge in [-0.15, -0.1) is 0 Å². The van der Waals surface area contributed by atoms with Gasteiger partial charge >= 0.3 is 0 Å². The molecule has 6 aromatic carbocycles. The first-order chi connectivity index (χ1) is 23.8. The van der Waals surface area contributed by atoms with Crippen LogP contribution in [0.2, 0.25) is 0 Å². The van der Waals surface area contributed by atoms with Crippen molar-refractivity contribution in [1.29, 1.82) is 0 Å². The molecule has 0 radical (unpaired) electrons. The second-order valence-corrected chi connectivity index (χ2v) is 12.3. The Balaban J connectivity index is 1.27. The maximum absolute atomic E-state index is 6.62. The number of benzene rings is 6. The molecule has 0 saturated heterocycles. The third kappa shape index (κ3) is 4.21. The number of aromatic nitrogens is 3. The van der Waals surface area contributed by atoms with Crippen molar-refractivity contribution in [1.82, 2.24) is 15.0 Å². The Morgan fingerprint density at radius 3 is 2.21 bits per heavy atom. The van der Waals surface area contributed by atoms with Gasteiger partial charge in [0.05, 0.1) is 0 Å². The van der Waals surface area contributed by atoms with Crippen LogP contribution in [0, 0.1) is 0 Å². The molecule has 0 amide bonds. The van der Waals surface area contributed by atoms with Crippen molar-refractivity contribution in [2.75, 3.05) is 0 Å². The average Bonchev–Trinajstić information content (AvgIpc) is 3.73. The van der Waals surface area contributed by atoms with E-state index < -0.39 is 0 Å². The molecule has 5 nitrogen and oxygen atoms in total. The number of nitrogens with zero attached hydrogens (tertiary/aromatic N) is 3. The summed E-state index contributed by atoms with van der Waals surface area (Å²) < 4.78 is 13.0. The molecule has 5 heteroatoms. The minimum Gasteiger partial charge on any atom is -0.456 e. The molecule has 0 spiro atoms. The summed E-state index contributed by atoms with van der Waals surface area (Å²) in [4.78, 5) is 15.4. The van der Waals surface area contributed by atoms with Gasteiger partial charge in [0.2, 0.25) is 0 Å². The molecule has 10 rings (SSSR count). The van der Waals surface area contributed by atoms with Gasteiger partial charge in [0, 0.05) is 38.1 Å². The summed E-state index contributed by atoms with van der Waals surface area (Å²) in [5, 5.41) is 6.46. The molecular weight excluding hydrogens is 590 g/mol. The van der Waals surface area contributed by atoms with Gasteiger partial charge in [-0.1, -0.05) is 103 Å². The highest BCUT2D eigenvalue weighted by Gasteiger charge is 2.23. The van der Waals surface area contributed by atoms with Crippen LogP contribution in [0.3, 0.4) is 0 Å². The van der Waals surface area contributed by atoms with Crippen LogP contribution in [0.25, 0.3) is 94.1 Å². The van der Waals surface area contributed by atoms with Gasteiger partial charge in [-0.3, -0.25) is 0 Å². The average molecular weight is 618 g/mol. The standard InChI is InChI=1S/C43H27N3O2/c1-3-12-27(13-4-1)41-44-42(28-14-5-2-6-15-28)46-43(45-41)39-30(23-24-36-38(39)34-17-9-10-18-35(34)47-36)29-20-21-32-33-22-19-26-11-7-8-16-31(26)40(33)48-37(32)25-29/h1-5,7-14,16-25H,6,15H2. The Hall–Kier alpha value is -6.33. The van der Waals surface area contributed by atoms with Crippen LogP contribution in [0.5, 0.6) is 0 Å². The summed E-state index contributed by atoms with van der Waals surface area (Å²) in [5.74, 6) is 1.94. The molecule has 0 saturated carbocycles. The van der Waals surface area contributed by atoms with E-state index in [0.29, 0.717) is 17.5 Å². The lowest BCUT2D eigenvalue weighted by molar-refractivity contribution is 0.669. The molecule has 0 atom stereocenters. The zero-order chi connectivity index (χ0) is 31.6. The minimum atomic E-state index is 0.608. The van der Waals surface area contributed by atoms with Crippen molar-refractivity contribution in [3.8, 4) is 33.9 Å². The van der Waals surface area contributed by atoms with Gasteiger partial charge in [-0.2, -0.15) is 0 Å². The lowest BCUT2D eigenvalue weighted by Gasteiger charge is -2.15. The summed E-state index contributed by atoms with van der Waals surface area (Å²) >= 11 is 0. The highest BCUT2D eigenvalue weighted by atomic mass is 16.3. The molecular formula is C43H27N3O2. The minimum absolute atomic E-state index is 0.608. The fourth-order valence-corrected chi connectivity index (χ4v) is 7.10. The van der Waals surface area contributed by atoms with Crippen molar-refractivity contribution in [2.45, 2.75) is 12.8 Å². The number of rotatable bonds is 4. The number of para-hydroxylation sites is 1. The highest BCUT2D eigenvalue weighted by Crippen LogP contribution is 2.44. The van der Waals surface area contributed by atoms with Gasteiger partial charge < -0.3 is 8.83 Å². The van der Waals surface area contributed by atoms with E-state index in [4.69, 9.17) is 23.8 Å². The first-order valence-electron chi connectivity index (χ1n) is 16.3. The van der Waals surface area contributed by atoms with E-state index in [2.05, 4.69) is 91.0 Å². The summed E-state index contributed by atoms with van der Waals surface area (Å²) in [7, 11) is 0. The van der Waals surface area contributed by atoms with E-state index in [-0.39, 0.29) is 0 Å². The third-order valence-electron chi connectivity index (χ3n) is 9.41. The van der Waals surface area contributed by atoms with Crippen LogP contribution < -0.4 is 0 Å². The van der Waals surface area contributed by atoms with E-state index in [0.717, 1.165) is 95.3 Å². The van der Waals surface area contributed by atoms with Crippen molar-refractivity contribution in [3.63, 3.8) is 0 Å². The van der Waals surface area contributed by atoms with Crippen LogP contribution in [0.15, 0.2) is 148 Å². The molecule has 1 aliphatic rings. The molecule has 9 aromatic rings. The summed E-state index contributed by atoms with van der Waals surface area (Å²) in [6.45, 7) is 0. The Kier molecular flexibility index (Phi) is 5.93. The molecule has 0 fully saturated rings. The molecule has 0 bridgehead atoms. The Morgan fingerprint density at radius 2 is 1.31 bits per heavy atom. The SMILES string of the molecule is C1=CCCC(c2nc(-c3ccccc3)nc(-c3c(-c4ccc5c(c4)oc4c6ccccc6ccc54)ccc4oc5ccccc5c34)n2)=C1. The van der Waals surface area contributed by atoms with Crippen molar-refractivity contribution >= 4 is 60.2 Å². The van der Waals surface area contributed by atoms with Crippen LogP contribution >= 0.6 is 0 Å². The van der Waals surface area contributed by atoms with E-state index in [1.54, 1.807) is 0 Å². The number of allylic oxidation sites excluding steroid dienone is 4. The van der Waals surface area contributed by atoms with E-state index in [1.165, 1.54) is 0 Å². The number of furan rings is 2. The van der Waals surface area contributed by atoms with Gasteiger partial charge in [0.25, 0.3) is 0 Å². The molecule has 0 aliphatic heterocycles. The van der Waals surface area contributed by atoms with Gasteiger partial charge in [0.15, 0.2) is 17.5 Å². The summed E-state index contributed by atoms with van der Waals surface area (Å²) in [6.07, 6.45) is 8.21. The number of hydrogen-bond acceptors (Lipinski definition) is 5. The smallest absolute Gasteiger partial charge is 0.165 e. The lowest BCUT2D eigenvalue weighted by Crippen LogP contribution is -2.04. The maximum Gasteiger partial charge on any atom is 0.165 e. The summed E-state index contributed by atoms with van der Waals surface area (Å²) in [6, 6.07) is 41.6. The fraction of sp³-hybridized carbons (Fsp3) is 0.0465. The van der Waals surface area contributed by atoms with Crippen molar-refractivity contribution < 1.29 is 8.83 Å². The quantitative estimate of drug-likeness (QED) is 0.197. The largest absolute Gasteiger partial charge is 0.456 e. The predicted molar refractivity (Wildman–Crippen MR) is 195 cm³/mol. The number of hydrogen-bond donors (Lipinski definition) is 0.